The summed E-state index contributed by atoms with van der Waals surface area (Å²) in [7, 11) is 1.77. The van der Waals surface area contributed by atoms with Crippen LogP contribution < -0.4 is 10.6 Å². The molecule has 1 heterocycles. The van der Waals surface area contributed by atoms with Gasteiger partial charge >= 0.3 is 0 Å². The van der Waals surface area contributed by atoms with E-state index in [1.54, 1.807) is 7.05 Å². The zero-order chi connectivity index (χ0) is 19.6. The predicted molar refractivity (Wildman–Crippen MR) is 114 cm³/mol. The highest BCUT2D eigenvalue weighted by Gasteiger charge is 2.13. The predicted octanol–water partition coefficient (Wildman–Crippen LogP) is 3.90. The van der Waals surface area contributed by atoms with Gasteiger partial charge in [0.25, 0.3) is 0 Å². The molecule has 5 nitrogen and oxygen atoms in total. The van der Waals surface area contributed by atoms with E-state index >= 15 is 0 Å². The van der Waals surface area contributed by atoms with Crippen molar-refractivity contribution in [2.24, 2.45) is 4.99 Å². The van der Waals surface area contributed by atoms with Gasteiger partial charge in [0.2, 0.25) is 0 Å². The molecule has 1 aliphatic heterocycles. The van der Waals surface area contributed by atoms with Gasteiger partial charge in [-0.1, -0.05) is 48.0 Å². The van der Waals surface area contributed by atoms with Crippen LogP contribution in [0.15, 0.2) is 53.5 Å². The first kappa shape index (κ1) is 20.6. The molecule has 0 aliphatic carbocycles. The van der Waals surface area contributed by atoms with Gasteiger partial charge in [-0.25, -0.2) is 0 Å². The molecule has 1 aliphatic rings. The summed E-state index contributed by atoms with van der Waals surface area (Å²) in [6, 6.07) is 16.3. The van der Waals surface area contributed by atoms with E-state index in [1.807, 2.05) is 24.3 Å². The summed E-state index contributed by atoms with van der Waals surface area (Å²) in [5.41, 5.74) is 3.55. The van der Waals surface area contributed by atoms with Crippen molar-refractivity contribution >= 4 is 17.6 Å². The van der Waals surface area contributed by atoms with E-state index in [2.05, 4.69) is 39.9 Å². The lowest BCUT2D eigenvalue weighted by Gasteiger charge is -2.22. The summed E-state index contributed by atoms with van der Waals surface area (Å²) in [6.07, 6.45) is 2.30. The molecule has 1 saturated heterocycles. The number of halogens is 1. The SMILES string of the molecule is CN=C(NCc1ccc(Cl)cc1)NCc1ccc(COC2CCOCC2)cc1. The minimum atomic E-state index is 0.324. The molecular formula is C22H28ClN3O2. The number of aliphatic imine (C=N–C) groups is 1. The third-order valence-corrected chi connectivity index (χ3v) is 4.99. The molecule has 3 rings (SSSR count). The Hall–Kier alpha value is -2.08. The fourth-order valence-electron chi connectivity index (χ4n) is 3.00. The van der Waals surface area contributed by atoms with Crippen molar-refractivity contribution in [1.29, 1.82) is 0 Å². The lowest BCUT2D eigenvalue weighted by Crippen LogP contribution is -2.36. The molecule has 2 aromatic rings. The van der Waals surface area contributed by atoms with Crippen LogP contribution in [-0.2, 0) is 29.2 Å². The largest absolute Gasteiger partial charge is 0.381 e. The van der Waals surface area contributed by atoms with Crippen LogP contribution in [0.3, 0.4) is 0 Å². The van der Waals surface area contributed by atoms with Crippen molar-refractivity contribution in [3.8, 4) is 0 Å². The molecule has 0 bridgehead atoms. The number of ether oxygens (including phenoxy) is 2. The van der Waals surface area contributed by atoms with Crippen molar-refractivity contribution in [2.75, 3.05) is 20.3 Å². The van der Waals surface area contributed by atoms with E-state index in [9.17, 15) is 0 Å². The maximum absolute atomic E-state index is 5.97. The second-order valence-corrected chi connectivity index (χ2v) is 7.28. The summed E-state index contributed by atoms with van der Waals surface area (Å²) in [4.78, 5) is 4.27. The molecule has 0 aromatic heterocycles. The topological polar surface area (TPSA) is 54.9 Å². The van der Waals surface area contributed by atoms with Gasteiger partial charge in [0, 0.05) is 38.4 Å². The van der Waals surface area contributed by atoms with E-state index in [1.165, 1.54) is 11.1 Å². The molecule has 28 heavy (non-hydrogen) atoms. The number of nitrogens with one attached hydrogen (secondary N) is 2. The summed E-state index contributed by atoms with van der Waals surface area (Å²) in [5.74, 6) is 0.766. The maximum Gasteiger partial charge on any atom is 0.191 e. The zero-order valence-electron chi connectivity index (χ0n) is 16.3. The minimum Gasteiger partial charge on any atom is -0.381 e. The van der Waals surface area contributed by atoms with Gasteiger partial charge in [0.15, 0.2) is 5.96 Å². The third kappa shape index (κ3) is 6.82. The number of guanidine groups is 1. The Morgan fingerprint density at radius 3 is 2.07 bits per heavy atom. The second kappa shape index (κ2) is 11.1. The minimum absolute atomic E-state index is 0.324. The zero-order valence-corrected chi connectivity index (χ0v) is 17.0. The van der Waals surface area contributed by atoms with Crippen LogP contribution in [0.25, 0.3) is 0 Å². The standard InChI is InChI=1S/C22H28ClN3O2/c1-24-22(26-15-18-6-8-20(23)9-7-18)25-14-17-2-4-19(5-3-17)16-28-21-10-12-27-13-11-21/h2-9,21H,10-16H2,1H3,(H2,24,25,26). The smallest absolute Gasteiger partial charge is 0.191 e. The van der Waals surface area contributed by atoms with E-state index in [-0.39, 0.29) is 0 Å². The van der Waals surface area contributed by atoms with Gasteiger partial charge in [-0.05, 0) is 41.7 Å². The highest BCUT2D eigenvalue weighted by molar-refractivity contribution is 6.30. The summed E-state index contributed by atoms with van der Waals surface area (Å²) >= 11 is 5.92. The molecule has 0 atom stereocenters. The Morgan fingerprint density at radius 1 is 0.964 bits per heavy atom. The van der Waals surface area contributed by atoms with Crippen LogP contribution >= 0.6 is 11.6 Å². The van der Waals surface area contributed by atoms with Crippen molar-refractivity contribution in [3.63, 3.8) is 0 Å². The Labute approximate surface area is 172 Å². The van der Waals surface area contributed by atoms with Gasteiger partial charge in [0.1, 0.15) is 0 Å². The monoisotopic (exact) mass is 401 g/mol. The van der Waals surface area contributed by atoms with Crippen LogP contribution in [0, 0.1) is 0 Å². The summed E-state index contributed by atoms with van der Waals surface area (Å²) in [6.45, 7) is 3.68. The lowest BCUT2D eigenvalue weighted by molar-refractivity contribution is -0.0390. The van der Waals surface area contributed by atoms with Gasteiger partial charge < -0.3 is 20.1 Å². The van der Waals surface area contributed by atoms with Crippen molar-refractivity contribution in [3.05, 3.63) is 70.2 Å². The molecule has 6 heteroatoms. The van der Waals surface area contributed by atoms with E-state index in [0.29, 0.717) is 25.8 Å². The molecule has 0 radical (unpaired) electrons. The third-order valence-electron chi connectivity index (χ3n) is 4.73. The molecule has 2 N–H and O–H groups in total. The fraction of sp³-hybridized carbons (Fsp3) is 0.409. The average Bonchev–Trinajstić information content (AvgIpc) is 2.75. The first-order valence-corrected chi connectivity index (χ1v) is 10.1. The number of nitrogens with zero attached hydrogens (tertiary/aromatic N) is 1. The molecule has 150 valence electrons. The average molecular weight is 402 g/mol. The Bertz CT molecular complexity index is 741. The summed E-state index contributed by atoms with van der Waals surface area (Å²) in [5, 5.41) is 7.39. The Balaban J connectivity index is 1.40. The first-order chi connectivity index (χ1) is 13.7. The van der Waals surface area contributed by atoms with Crippen LogP contribution in [-0.4, -0.2) is 32.3 Å². The van der Waals surface area contributed by atoms with Crippen LogP contribution in [0.5, 0.6) is 0 Å². The number of benzene rings is 2. The van der Waals surface area contributed by atoms with E-state index < -0.39 is 0 Å². The highest BCUT2D eigenvalue weighted by atomic mass is 35.5. The van der Waals surface area contributed by atoms with E-state index in [0.717, 1.165) is 42.6 Å². The van der Waals surface area contributed by atoms with Crippen molar-refractivity contribution < 1.29 is 9.47 Å². The lowest BCUT2D eigenvalue weighted by atomic mass is 10.1. The molecule has 0 spiro atoms. The quantitative estimate of drug-likeness (QED) is 0.545. The van der Waals surface area contributed by atoms with Gasteiger partial charge in [-0.15, -0.1) is 0 Å². The van der Waals surface area contributed by atoms with Gasteiger partial charge in [0.05, 0.1) is 12.7 Å². The Kier molecular flexibility index (Phi) is 8.15. The van der Waals surface area contributed by atoms with Crippen molar-refractivity contribution in [2.45, 2.75) is 38.6 Å². The number of hydrogen-bond acceptors (Lipinski definition) is 3. The van der Waals surface area contributed by atoms with Crippen LogP contribution in [0.2, 0.25) is 5.02 Å². The highest BCUT2D eigenvalue weighted by Crippen LogP contribution is 2.14. The van der Waals surface area contributed by atoms with Crippen molar-refractivity contribution in [1.82, 2.24) is 10.6 Å². The molecule has 0 unspecified atom stereocenters. The van der Waals surface area contributed by atoms with Gasteiger partial charge in [-0.3, -0.25) is 4.99 Å². The van der Waals surface area contributed by atoms with E-state index in [4.69, 9.17) is 21.1 Å². The summed E-state index contributed by atoms with van der Waals surface area (Å²) < 4.78 is 11.3. The number of hydrogen-bond donors (Lipinski definition) is 2. The van der Waals surface area contributed by atoms with Gasteiger partial charge in [-0.2, -0.15) is 0 Å². The molecule has 2 aromatic carbocycles. The second-order valence-electron chi connectivity index (χ2n) is 6.85. The Morgan fingerprint density at radius 2 is 1.50 bits per heavy atom. The fourth-order valence-corrected chi connectivity index (χ4v) is 3.13. The normalized spacial score (nSPS) is 15.4. The van der Waals surface area contributed by atoms with Crippen LogP contribution in [0.4, 0.5) is 0 Å². The molecule has 0 amide bonds. The molecule has 0 saturated carbocycles. The molecular weight excluding hydrogens is 374 g/mol. The first-order valence-electron chi connectivity index (χ1n) is 9.69. The maximum atomic E-state index is 5.97. The van der Waals surface area contributed by atoms with Crippen LogP contribution in [0.1, 0.15) is 29.5 Å². The molecule has 1 fully saturated rings. The number of rotatable bonds is 7.